The summed E-state index contributed by atoms with van der Waals surface area (Å²) >= 11 is 0. The summed E-state index contributed by atoms with van der Waals surface area (Å²) in [5.74, 6) is -0.497. The SMILES string of the molecule is NC(=O)OCC1(OC(=O)C2CCCCC2)C=NN=N1. The van der Waals surface area contributed by atoms with Crippen molar-refractivity contribution in [2.24, 2.45) is 27.1 Å². The Morgan fingerprint density at radius 1 is 1.32 bits per heavy atom. The molecule has 8 heteroatoms. The van der Waals surface area contributed by atoms with Crippen LogP contribution in [-0.2, 0) is 14.3 Å². The molecule has 2 N–H and O–H groups in total. The predicted octanol–water partition coefficient (Wildman–Crippen LogP) is 1.35. The normalized spacial score (nSPS) is 26.3. The number of carbonyl (C=O) groups excluding carboxylic acids is 2. The zero-order valence-electron chi connectivity index (χ0n) is 10.4. The van der Waals surface area contributed by atoms with Gasteiger partial charge in [0.2, 0.25) is 0 Å². The fourth-order valence-electron chi connectivity index (χ4n) is 2.16. The van der Waals surface area contributed by atoms with Crippen molar-refractivity contribution in [3.05, 3.63) is 0 Å². The minimum absolute atomic E-state index is 0.136. The van der Waals surface area contributed by atoms with Crippen molar-refractivity contribution in [3.8, 4) is 0 Å². The molecule has 2 aliphatic rings. The van der Waals surface area contributed by atoms with Gasteiger partial charge in [0, 0.05) is 0 Å². The number of ether oxygens (including phenoxy) is 2. The number of nitrogens with zero attached hydrogens (tertiary/aromatic N) is 3. The number of rotatable bonds is 4. The zero-order chi connectivity index (χ0) is 13.7. The van der Waals surface area contributed by atoms with Crippen LogP contribution in [0.4, 0.5) is 4.79 Å². The van der Waals surface area contributed by atoms with E-state index in [1.165, 1.54) is 6.21 Å². The lowest BCUT2D eigenvalue weighted by molar-refractivity contribution is -0.161. The summed E-state index contributed by atoms with van der Waals surface area (Å²) in [4.78, 5) is 22.7. The second-order valence-electron chi connectivity index (χ2n) is 4.64. The van der Waals surface area contributed by atoms with Crippen LogP contribution in [0.1, 0.15) is 32.1 Å². The summed E-state index contributed by atoms with van der Waals surface area (Å²) in [5, 5.41) is 10.6. The summed E-state index contributed by atoms with van der Waals surface area (Å²) in [6, 6.07) is 0. The third kappa shape index (κ3) is 3.49. The van der Waals surface area contributed by atoms with Gasteiger partial charge in [-0.05, 0) is 18.1 Å². The molecule has 1 unspecified atom stereocenters. The van der Waals surface area contributed by atoms with E-state index in [0.29, 0.717) is 0 Å². The smallest absolute Gasteiger partial charge is 0.404 e. The largest absolute Gasteiger partial charge is 0.443 e. The minimum atomic E-state index is -1.45. The van der Waals surface area contributed by atoms with E-state index in [9.17, 15) is 9.59 Å². The Morgan fingerprint density at radius 2 is 2.05 bits per heavy atom. The van der Waals surface area contributed by atoms with Gasteiger partial charge in [0.05, 0.1) is 5.92 Å². The molecule has 0 aromatic carbocycles. The van der Waals surface area contributed by atoms with Crippen molar-refractivity contribution in [3.63, 3.8) is 0 Å². The predicted molar refractivity (Wildman–Crippen MR) is 64.3 cm³/mol. The van der Waals surface area contributed by atoms with Gasteiger partial charge in [-0.25, -0.2) is 4.79 Å². The molecular formula is C11H16N4O4. The topological polar surface area (TPSA) is 116 Å². The maximum atomic E-state index is 12.0. The number of esters is 1. The highest BCUT2D eigenvalue weighted by Gasteiger charge is 2.39. The summed E-state index contributed by atoms with van der Waals surface area (Å²) in [5.41, 5.74) is 3.43. The van der Waals surface area contributed by atoms with E-state index < -0.39 is 11.8 Å². The highest BCUT2D eigenvalue weighted by molar-refractivity contribution is 5.79. The Bertz CT molecular complexity index is 403. The summed E-state index contributed by atoms with van der Waals surface area (Å²) in [6.45, 7) is -0.312. The van der Waals surface area contributed by atoms with E-state index in [1.54, 1.807) is 0 Å². The zero-order valence-corrected chi connectivity index (χ0v) is 10.4. The van der Waals surface area contributed by atoms with Gasteiger partial charge in [-0.1, -0.05) is 19.3 Å². The van der Waals surface area contributed by atoms with Crippen LogP contribution in [0, 0.1) is 5.92 Å². The molecule has 1 saturated carbocycles. The van der Waals surface area contributed by atoms with Gasteiger partial charge in [0.1, 0.15) is 6.21 Å². The molecule has 0 aromatic heterocycles. The fourth-order valence-corrected chi connectivity index (χ4v) is 2.16. The van der Waals surface area contributed by atoms with E-state index in [-0.39, 0.29) is 18.5 Å². The van der Waals surface area contributed by atoms with Crippen molar-refractivity contribution in [1.29, 1.82) is 0 Å². The highest BCUT2D eigenvalue weighted by Crippen LogP contribution is 2.27. The third-order valence-electron chi connectivity index (χ3n) is 3.16. The van der Waals surface area contributed by atoms with Crippen molar-refractivity contribution >= 4 is 18.3 Å². The molecule has 0 radical (unpaired) electrons. The summed E-state index contributed by atoms with van der Waals surface area (Å²) in [7, 11) is 0. The molecule has 8 nitrogen and oxygen atoms in total. The molecule has 0 bridgehead atoms. The fraction of sp³-hybridized carbons (Fsp3) is 0.727. The van der Waals surface area contributed by atoms with Crippen LogP contribution in [-0.4, -0.2) is 30.6 Å². The lowest BCUT2D eigenvalue weighted by Crippen LogP contribution is -2.41. The second kappa shape index (κ2) is 5.77. The van der Waals surface area contributed by atoms with E-state index >= 15 is 0 Å². The first-order valence-electron chi connectivity index (χ1n) is 6.23. The van der Waals surface area contributed by atoms with Crippen LogP contribution in [0.5, 0.6) is 0 Å². The van der Waals surface area contributed by atoms with Crippen LogP contribution in [0.15, 0.2) is 15.4 Å². The van der Waals surface area contributed by atoms with Crippen molar-refractivity contribution in [1.82, 2.24) is 0 Å². The first kappa shape index (κ1) is 13.4. The second-order valence-corrected chi connectivity index (χ2v) is 4.64. The van der Waals surface area contributed by atoms with Gasteiger partial charge in [-0.2, -0.15) is 0 Å². The Balaban J connectivity index is 1.96. The molecule has 0 aromatic rings. The molecule has 1 aliphatic heterocycles. The molecule has 19 heavy (non-hydrogen) atoms. The van der Waals surface area contributed by atoms with Crippen LogP contribution in [0.25, 0.3) is 0 Å². The van der Waals surface area contributed by atoms with Crippen LogP contribution < -0.4 is 5.73 Å². The molecule has 0 saturated heterocycles. The van der Waals surface area contributed by atoms with Gasteiger partial charge in [-0.3, -0.25) is 4.79 Å². The van der Waals surface area contributed by atoms with Gasteiger partial charge >= 0.3 is 12.1 Å². The maximum Gasteiger partial charge on any atom is 0.404 e. The maximum absolute atomic E-state index is 12.0. The number of carbonyl (C=O) groups is 2. The Morgan fingerprint density at radius 3 is 2.63 bits per heavy atom. The monoisotopic (exact) mass is 268 g/mol. The number of amides is 1. The number of primary amides is 1. The van der Waals surface area contributed by atoms with E-state index in [0.717, 1.165) is 32.1 Å². The summed E-state index contributed by atoms with van der Waals surface area (Å²) in [6.07, 6.45) is 5.04. The molecule has 1 aliphatic carbocycles. The Hall–Kier alpha value is -1.99. The van der Waals surface area contributed by atoms with Crippen LogP contribution in [0.2, 0.25) is 0 Å². The number of hydrogen-bond acceptors (Lipinski definition) is 7. The molecule has 1 atom stereocenters. The standard InChI is InChI=1S/C11H16N4O4/c12-10(17)18-7-11(6-13-15-14-11)19-9(16)8-4-2-1-3-5-8/h6,8H,1-5,7H2,(H2,12,17). The van der Waals surface area contributed by atoms with E-state index in [4.69, 9.17) is 10.5 Å². The van der Waals surface area contributed by atoms with Crippen molar-refractivity contribution < 1.29 is 19.1 Å². The van der Waals surface area contributed by atoms with E-state index in [1.807, 2.05) is 0 Å². The van der Waals surface area contributed by atoms with Crippen LogP contribution >= 0.6 is 0 Å². The first-order chi connectivity index (χ1) is 9.11. The van der Waals surface area contributed by atoms with Crippen molar-refractivity contribution in [2.45, 2.75) is 37.8 Å². The molecule has 2 rings (SSSR count). The Kier molecular flexibility index (Phi) is 4.08. The molecule has 1 heterocycles. The minimum Gasteiger partial charge on any atom is -0.443 e. The lowest BCUT2D eigenvalue weighted by atomic mass is 9.89. The molecule has 104 valence electrons. The lowest BCUT2D eigenvalue weighted by Gasteiger charge is -2.25. The average Bonchev–Trinajstić information content (AvgIpc) is 2.86. The van der Waals surface area contributed by atoms with Gasteiger partial charge < -0.3 is 15.2 Å². The average molecular weight is 268 g/mol. The van der Waals surface area contributed by atoms with Gasteiger partial charge in [0.25, 0.3) is 5.72 Å². The first-order valence-corrected chi connectivity index (χ1v) is 6.23. The molecule has 0 spiro atoms. The summed E-state index contributed by atoms with van der Waals surface area (Å²) < 4.78 is 9.94. The highest BCUT2D eigenvalue weighted by atomic mass is 16.6. The Labute approximate surface area is 110 Å². The molecule has 1 amide bonds. The number of nitrogens with two attached hydrogens (primary N) is 1. The van der Waals surface area contributed by atoms with Gasteiger partial charge in [-0.15, -0.1) is 10.2 Å². The quantitative estimate of drug-likeness (QED) is 0.774. The van der Waals surface area contributed by atoms with Gasteiger partial charge in [0.15, 0.2) is 6.61 Å². The molecular weight excluding hydrogens is 252 g/mol. The van der Waals surface area contributed by atoms with E-state index in [2.05, 4.69) is 20.2 Å². The number of hydrogen-bond donors (Lipinski definition) is 1. The van der Waals surface area contributed by atoms with Crippen LogP contribution in [0.3, 0.4) is 0 Å². The molecule has 1 fully saturated rings. The van der Waals surface area contributed by atoms with Crippen molar-refractivity contribution in [2.75, 3.05) is 6.61 Å². The third-order valence-corrected chi connectivity index (χ3v) is 3.16.